The molecule has 6 heteroatoms. The molecule has 0 spiro atoms. The Kier molecular flexibility index (Phi) is 5.68. The molecule has 0 radical (unpaired) electrons. The molecule has 1 aromatic carbocycles. The Morgan fingerprint density at radius 2 is 2.25 bits per heavy atom. The van der Waals surface area contributed by atoms with Crippen molar-refractivity contribution in [3.05, 3.63) is 30.0 Å². The van der Waals surface area contributed by atoms with Crippen LogP contribution in [-0.2, 0) is 11.2 Å². The molecule has 1 N–H and O–H groups in total. The van der Waals surface area contributed by atoms with Gasteiger partial charge in [-0.25, -0.2) is 0 Å². The van der Waals surface area contributed by atoms with Gasteiger partial charge in [0.05, 0.1) is 13.7 Å². The molecule has 24 heavy (non-hydrogen) atoms. The standard InChI is InChI=1S/C18H24F2N2O2/c1-23-15-4-5-17-16(9-15)14(10-21-17)6-8-22-7-2-3-13(11-22)12-24-18(19)20/h4-5,9-10,13,18,21H,2-3,6-8,11-12H2,1H3/t13-/m1/s1. The van der Waals surface area contributed by atoms with Gasteiger partial charge in [-0.15, -0.1) is 0 Å². The molecule has 4 nitrogen and oxygen atoms in total. The van der Waals surface area contributed by atoms with E-state index in [2.05, 4.69) is 20.7 Å². The highest BCUT2D eigenvalue weighted by molar-refractivity contribution is 5.84. The molecule has 1 aromatic heterocycles. The van der Waals surface area contributed by atoms with Crippen LogP contribution in [0.4, 0.5) is 8.78 Å². The first kappa shape index (κ1) is 17.2. The fourth-order valence-electron chi connectivity index (χ4n) is 3.47. The third kappa shape index (κ3) is 4.24. The van der Waals surface area contributed by atoms with Crippen molar-refractivity contribution in [1.29, 1.82) is 0 Å². The first-order chi connectivity index (χ1) is 11.7. The zero-order valence-electron chi connectivity index (χ0n) is 13.9. The summed E-state index contributed by atoms with van der Waals surface area (Å²) >= 11 is 0. The number of nitrogens with one attached hydrogen (secondary N) is 1. The summed E-state index contributed by atoms with van der Waals surface area (Å²) in [5.74, 6) is 1.06. The lowest BCUT2D eigenvalue weighted by molar-refractivity contribution is -0.141. The average molecular weight is 338 g/mol. The number of hydrogen-bond donors (Lipinski definition) is 1. The Morgan fingerprint density at radius 1 is 1.38 bits per heavy atom. The fourth-order valence-corrected chi connectivity index (χ4v) is 3.47. The number of aromatic nitrogens is 1. The molecule has 2 aromatic rings. The minimum Gasteiger partial charge on any atom is -0.497 e. The molecule has 0 amide bonds. The second kappa shape index (κ2) is 7.94. The lowest BCUT2D eigenvalue weighted by Gasteiger charge is -2.32. The topological polar surface area (TPSA) is 37.5 Å². The predicted molar refractivity (Wildman–Crippen MR) is 89.7 cm³/mol. The molecule has 1 atom stereocenters. The van der Waals surface area contributed by atoms with Crippen molar-refractivity contribution in [3.63, 3.8) is 0 Å². The number of alkyl halides is 2. The van der Waals surface area contributed by atoms with Gasteiger partial charge in [0.25, 0.3) is 0 Å². The van der Waals surface area contributed by atoms with Crippen LogP contribution in [0, 0.1) is 5.92 Å². The number of ether oxygens (including phenoxy) is 2. The summed E-state index contributed by atoms with van der Waals surface area (Å²) in [6, 6.07) is 6.02. The predicted octanol–water partition coefficient (Wildman–Crippen LogP) is 3.67. The monoisotopic (exact) mass is 338 g/mol. The van der Waals surface area contributed by atoms with Crippen molar-refractivity contribution >= 4 is 10.9 Å². The molecule has 0 saturated carbocycles. The SMILES string of the molecule is COc1ccc2[nH]cc(CCN3CCC[C@@H](COC(F)F)C3)c2c1. The van der Waals surface area contributed by atoms with Gasteiger partial charge in [0.15, 0.2) is 0 Å². The van der Waals surface area contributed by atoms with Gasteiger partial charge < -0.3 is 19.4 Å². The second-order valence-corrected chi connectivity index (χ2v) is 6.38. The van der Waals surface area contributed by atoms with Gasteiger partial charge in [0.1, 0.15) is 5.75 Å². The molecule has 0 bridgehead atoms. The zero-order valence-corrected chi connectivity index (χ0v) is 13.9. The highest BCUT2D eigenvalue weighted by Gasteiger charge is 2.21. The summed E-state index contributed by atoms with van der Waals surface area (Å²) in [7, 11) is 1.67. The Morgan fingerprint density at radius 3 is 3.04 bits per heavy atom. The zero-order chi connectivity index (χ0) is 16.9. The van der Waals surface area contributed by atoms with Crippen LogP contribution >= 0.6 is 0 Å². The second-order valence-electron chi connectivity index (χ2n) is 6.38. The Balaban J connectivity index is 1.57. The van der Waals surface area contributed by atoms with Crippen LogP contribution in [0.3, 0.4) is 0 Å². The molecule has 132 valence electrons. The number of halogens is 2. The number of nitrogens with zero attached hydrogens (tertiary/aromatic N) is 1. The highest BCUT2D eigenvalue weighted by Crippen LogP contribution is 2.25. The van der Waals surface area contributed by atoms with Crippen molar-refractivity contribution in [3.8, 4) is 5.75 Å². The summed E-state index contributed by atoms with van der Waals surface area (Å²) in [5, 5.41) is 1.18. The van der Waals surface area contributed by atoms with Crippen LogP contribution in [-0.4, -0.2) is 49.8 Å². The molecule has 1 aliphatic rings. The van der Waals surface area contributed by atoms with E-state index < -0.39 is 6.61 Å². The van der Waals surface area contributed by atoms with Crippen LogP contribution in [0.25, 0.3) is 10.9 Å². The van der Waals surface area contributed by atoms with Gasteiger partial charge >= 0.3 is 6.61 Å². The van der Waals surface area contributed by atoms with Gasteiger partial charge in [-0.2, -0.15) is 8.78 Å². The maximum Gasteiger partial charge on any atom is 0.345 e. The summed E-state index contributed by atoms with van der Waals surface area (Å²) < 4.78 is 34.1. The van der Waals surface area contributed by atoms with Gasteiger partial charge in [0.2, 0.25) is 0 Å². The van der Waals surface area contributed by atoms with Crippen molar-refractivity contribution in [2.24, 2.45) is 5.92 Å². The Hall–Kier alpha value is -1.66. The van der Waals surface area contributed by atoms with Gasteiger partial charge in [-0.1, -0.05) is 0 Å². The minimum atomic E-state index is -2.67. The largest absolute Gasteiger partial charge is 0.497 e. The van der Waals surface area contributed by atoms with E-state index in [1.54, 1.807) is 7.11 Å². The number of methoxy groups -OCH3 is 1. The summed E-state index contributed by atoms with van der Waals surface area (Å²) in [4.78, 5) is 5.64. The van der Waals surface area contributed by atoms with E-state index in [1.165, 1.54) is 10.9 Å². The fraction of sp³-hybridized carbons (Fsp3) is 0.556. The van der Waals surface area contributed by atoms with Crippen molar-refractivity contribution in [2.45, 2.75) is 25.9 Å². The van der Waals surface area contributed by atoms with E-state index in [0.29, 0.717) is 0 Å². The van der Waals surface area contributed by atoms with Crippen LogP contribution < -0.4 is 4.74 Å². The molecule has 0 unspecified atom stereocenters. The van der Waals surface area contributed by atoms with Crippen molar-refractivity contribution in [2.75, 3.05) is 33.4 Å². The number of aromatic amines is 1. The quantitative estimate of drug-likeness (QED) is 0.837. The van der Waals surface area contributed by atoms with E-state index >= 15 is 0 Å². The highest BCUT2D eigenvalue weighted by atomic mass is 19.3. The van der Waals surface area contributed by atoms with Crippen LogP contribution in [0.15, 0.2) is 24.4 Å². The molecule has 0 aliphatic carbocycles. The molecular weight excluding hydrogens is 314 g/mol. The van der Waals surface area contributed by atoms with Crippen LogP contribution in [0.2, 0.25) is 0 Å². The van der Waals surface area contributed by atoms with Gasteiger partial charge in [0, 0.05) is 30.2 Å². The first-order valence-electron chi connectivity index (χ1n) is 8.42. The third-order valence-corrected chi connectivity index (χ3v) is 4.73. The minimum absolute atomic E-state index is 0.151. The van der Waals surface area contributed by atoms with E-state index in [9.17, 15) is 8.78 Å². The lowest BCUT2D eigenvalue weighted by atomic mass is 9.98. The van der Waals surface area contributed by atoms with E-state index in [-0.39, 0.29) is 12.5 Å². The molecule has 1 saturated heterocycles. The number of H-pyrrole nitrogens is 1. The first-order valence-corrected chi connectivity index (χ1v) is 8.42. The van der Waals surface area contributed by atoms with E-state index in [0.717, 1.165) is 50.2 Å². The van der Waals surface area contributed by atoms with Crippen LogP contribution in [0.1, 0.15) is 18.4 Å². The van der Waals surface area contributed by atoms with Crippen LogP contribution in [0.5, 0.6) is 5.75 Å². The van der Waals surface area contributed by atoms with E-state index in [1.807, 2.05) is 18.3 Å². The molecule has 2 heterocycles. The number of piperidine rings is 1. The average Bonchev–Trinajstić information content (AvgIpc) is 3.00. The summed E-state index contributed by atoms with van der Waals surface area (Å²) in [6.45, 7) is 0.268. The third-order valence-electron chi connectivity index (χ3n) is 4.73. The number of benzene rings is 1. The molecule has 1 aliphatic heterocycles. The number of hydrogen-bond acceptors (Lipinski definition) is 3. The molecule has 3 rings (SSSR count). The number of fused-ring (bicyclic) bond motifs is 1. The Bertz CT molecular complexity index is 660. The number of likely N-dealkylation sites (tertiary alicyclic amines) is 1. The Labute approximate surface area is 140 Å². The number of rotatable bonds is 7. The lowest BCUT2D eigenvalue weighted by Crippen LogP contribution is -2.38. The molecule has 1 fully saturated rings. The normalized spacial score (nSPS) is 19.2. The summed E-state index contributed by atoms with van der Waals surface area (Å²) in [6.07, 6.45) is 4.98. The van der Waals surface area contributed by atoms with Gasteiger partial charge in [-0.05, 0) is 55.5 Å². The van der Waals surface area contributed by atoms with E-state index in [4.69, 9.17) is 4.74 Å². The maximum atomic E-state index is 12.2. The van der Waals surface area contributed by atoms with Crippen molar-refractivity contribution < 1.29 is 18.3 Å². The maximum absolute atomic E-state index is 12.2. The summed E-state index contributed by atoms with van der Waals surface area (Å²) in [5.41, 5.74) is 2.36. The smallest absolute Gasteiger partial charge is 0.345 e. The molecular formula is C18H24F2N2O2. The van der Waals surface area contributed by atoms with Gasteiger partial charge in [-0.3, -0.25) is 0 Å². The van der Waals surface area contributed by atoms with Crippen molar-refractivity contribution in [1.82, 2.24) is 9.88 Å².